The van der Waals surface area contributed by atoms with E-state index in [0.29, 0.717) is 0 Å². The zero-order valence-corrected chi connectivity index (χ0v) is 6.12. The van der Waals surface area contributed by atoms with Crippen molar-refractivity contribution in [3.05, 3.63) is 11.3 Å². The van der Waals surface area contributed by atoms with Gasteiger partial charge in [0.1, 0.15) is 0 Å². The molecule has 1 rings (SSSR count). The standard InChI is InChI=1S/C7H14N2/c1-6-5-9-4-3-7(6)8-2/h8-9H,3-5H2,1-2H3. The lowest BCUT2D eigenvalue weighted by atomic mass is 10.1. The molecule has 2 heteroatoms. The first kappa shape index (κ1) is 6.62. The monoisotopic (exact) mass is 126 g/mol. The Kier molecular flexibility index (Phi) is 2.11. The van der Waals surface area contributed by atoms with Crippen molar-refractivity contribution in [1.29, 1.82) is 0 Å². The lowest BCUT2D eigenvalue weighted by molar-refractivity contribution is 0.646. The summed E-state index contributed by atoms with van der Waals surface area (Å²) in [7, 11) is 1.99. The van der Waals surface area contributed by atoms with Gasteiger partial charge in [0, 0.05) is 25.8 Å². The third kappa shape index (κ3) is 1.45. The maximum absolute atomic E-state index is 3.30. The molecular weight excluding hydrogens is 112 g/mol. The second-order valence-corrected chi connectivity index (χ2v) is 2.44. The van der Waals surface area contributed by atoms with Crippen LogP contribution in [0.1, 0.15) is 13.3 Å². The fourth-order valence-corrected chi connectivity index (χ4v) is 1.15. The molecule has 0 aromatic carbocycles. The minimum Gasteiger partial charge on any atom is -0.391 e. The Hall–Kier alpha value is -0.500. The second-order valence-electron chi connectivity index (χ2n) is 2.44. The zero-order chi connectivity index (χ0) is 6.69. The zero-order valence-electron chi connectivity index (χ0n) is 6.12. The highest BCUT2D eigenvalue weighted by Gasteiger charge is 2.04. The molecule has 0 aromatic rings. The van der Waals surface area contributed by atoms with Crippen LogP contribution < -0.4 is 10.6 Å². The molecule has 1 heterocycles. The lowest BCUT2D eigenvalue weighted by Crippen LogP contribution is -2.28. The molecule has 0 spiro atoms. The minimum absolute atomic E-state index is 1.05. The smallest absolute Gasteiger partial charge is 0.0182 e. The van der Waals surface area contributed by atoms with Gasteiger partial charge in [-0.05, 0) is 18.9 Å². The molecule has 9 heavy (non-hydrogen) atoms. The van der Waals surface area contributed by atoms with Crippen molar-refractivity contribution in [2.24, 2.45) is 0 Å². The topological polar surface area (TPSA) is 24.1 Å². The summed E-state index contributed by atoms with van der Waals surface area (Å²) in [6.07, 6.45) is 1.16. The van der Waals surface area contributed by atoms with Crippen LogP contribution in [-0.4, -0.2) is 20.1 Å². The summed E-state index contributed by atoms with van der Waals surface area (Å²) >= 11 is 0. The van der Waals surface area contributed by atoms with Crippen LogP contribution in [0, 0.1) is 0 Å². The Morgan fingerprint density at radius 1 is 1.56 bits per heavy atom. The molecule has 0 atom stereocenters. The molecule has 0 aromatic heterocycles. The maximum atomic E-state index is 3.30. The van der Waals surface area contributed by atoms with E-state index in [4.69, 9.17) is 0 Å². The van der Waals surface area contributed by atoms with E-state index in [2.05, 4.69) is 17.6 Å². The van der Waals surface area contributed by atoms with Crippen LogP contribution in [0.3, 0.4) is 0 Å². The number of hydrogen-bond donors (Lipinski definition) is 2. The molecule has 2 N–H and O–H groups in total. The highest BCUT2D eigenvalue weighted by Crippen LogP contribution is 2.06. The van der Waals surface area contributed by atoms with Crippen LogP contribution >= 0.6 is 0 Å². The molecule has 0 radical (unpaired) electrons. The summed E-state index contributed by atoms with van der Waals surface area (Å²) in [5.74, 6) is 0. The van der Waals surface area contributed by atoms with Crippen LogP contribution in [-0.2, 0) is 0 Å². The molecule has 0 amide bonds. The summed E-state index contributed by atoms with van der Waals surface area (Å²) in [6, 6.07) is 0. The van der Waals surface area contributed by atoms with Gasteiger partial charge in [-0.1, -0.05) is 0 Å². The van der Waals surface area contributed by atoms with Gasteiger partial charge in [-0.3, -0.25) is 0 Å². The van der Waals surface area contributed by atoms with E-state index in [0.717, 1.165) is 19.5 Å². The Bertz CT molecular complexity index is 127. The van der Waals surface area contributed by atoms with Gasteiger partial charge in [0.15, 0.2) is 0 Å². The van der Waals surface area contributed by atoms with E-state index in [1.807, 2.05) is 7.05 Å². The summed E-state index contributed by atoms with van der Waals surface area (Å²) < 4.78 is 0. The predicted molar refractivity (Wildman–Crippen MR) is 39.2 cm³/mol. The van der Waals surface area contributed by atoms with Gasteiger partial charge in [-0.2, -0.15) is 0 Å². The Labute approximate surface area is 56.3 Å². The van der Waals surface area contributed by atoms with Gasteiger partial charge < -0.3 is 10.6 Å². The summed E-state index contributed by atoms with van der Waals surface area (Å²) in [5, 5.41) is 6.49. The normalized spacial score (nSPS) is 20.2. The van der Waals surface area contributed by atoms with Gasteiger partial charge in [-0.25, -0.2) is 0 Å². The first-order chi connectivity index (χ1) is 4.34. The average molecular weight is 126 g/mol. The van der Waals surface area contributed by atoms with Gasteiger partial charge in [0.2, 0.25) is 0 Å². The van der Waals surface area contributed by atoms with E-state index in [1.165, 1.54) is 11.3 Å². The molecule has 0 fully saturated rings. The molecule has 0 saturated heterocycles. The third-order valence-corrected chi connectivity index (χ3v) is 1.76. The van der Waals surface area contributed by atoms with Crippen molar-refractivity contribution >= 4 is 0 Å². The van der Waals surface area contributed by atoms with E-state index in [9.17, 15) is 0 Å². The van der Waals surface area contributed by atoms with Crippen molar-refractivity contribution < 1.29 is 0 Å². The van der Waals surface area contributed by atoms with Gasteiger partial charge in [0.25, 0.3) is 0 Å². The Morgan fingerprint density at radius 2 is 2.33 bits per heavy atom. The second kappa shape index (κ2) is 2.87. The SMILES string of the molecule is CNC1=C(C)CNCC1. The molecule has 0 aliphatic carbocycles. The van der Waals surface area contributed by atoms with E-state index >= 15 is 0 Å². The fraction of sp³-hybridized carbons (Fsp3) is 0.714. The molecule has 1 aliphatic heterocycles. The van der Waals surface area contributed by atoms with Crippen molar-refractivity contribution in [2.75, 3.05) is 20.1 Å². The summed E-state index contributed by atoms with van der Waals surface area (Å²) in [6.45, 7) is 4.34. The Balaban J connectivity index is 2.59. The third-order valence-electron chi connectivity index (χ3n) is 1.76. The Morgan fingerprint density at radius 3 is 2.78 bits per heavy atom. The molecular formula is C7H14N2. The van der Waals surface area contributed by atoms with Crippen molar-refractivity contribution in [3.8, 4) is 0 Å². The summed E-state index contributed by atoms with van der Waals surface area (Å²) in [4.78, 5) is 0. The van der Waals surface area contributed by atoms with Gasteiger partial charge in [0.05, 0.1) is 0 Å². The molecule has 0 unspecified atom stereocenters. The quantitative estimate of drug-likeness (QED) is 0.534. The van der Waals surface area contributed by atoms with Crippen molar-refractivity contribution in [2.45, 2.75) is 13.3 Å². The highest BCUT2D eigenvalue weighted by molar-refractivity contribution is 5.14. The van der Waals surface area contributed by atoms with Gasteiger partial charge in [-0.15, -0.1) is 0 Å². The van der Waals surface area contributed by atoms with Gasteiger partial charge >= 0.3 is 0 Å². The van der Waals surface area contributed by atoms with Crippen LogP contribution in [0.2, 0.25) is 0 Å². The van der Waals surface area contributed by atoms with Crippen molar-refractivity contribution in [3.63, 3.8) is 0 Å². The van der Waals surface area contributed by atoms with Crippen LogP contribution in [0.15, 0.2) is 11.3 Å². The highest BCUT2D eigenvalue weighted by atomic mass is 14.9. The average Bonchev–Trinajstić information content (AvgIpc) is 1.89. The molecule has 52 valence electrons. The van der Waals surface area contributed by atoms with Crippen LogP contribution in [0.25, 0.3) is 0 Å². The lowest BCUT2D eigenvalue weighted by Gasteiger charge is -2.17. The summed E-state index contributed by atoms with van der Waals surface area (Å²) in [5.41, 5.74) is 2.86. The maximum Gasteiger partial charge on any atom is 0.0182 e. The number of hydrogen-bond acceptors (Lipinski definition) is 2. The minimum atomic E-state index is 1.05. The number of nitrogens with one attached hydrogen (secondary N) is 2. The van der Waals surface area contributed by atoms with Crippen LogP contribution in [0.4, 0.5) is 0 Å². The first-order valence-corrected chi connectivity index (χ1v) is 3.41. The predicted octanol–water partition coefficient (Wildman–Crippen LogP) is 0.473. The largest absolute Gasteiger partial charge is 0.391 e. The van der Waals surface area contributed by atoms with E-state index in [-0.39, 0.29) is 0 Å². The van der Waals surface area contributed by atoms with E-state index in [1.54, 1.807) is 0 Å². The fourth-order valence-electron chi connectivity index (χ4n) is 1.15. The van der Waals surface area contributed by atoms with Crippen molar-refractivity contribution in [1.82, 2.24) is 10.6 Å². The molecule has 0 saturated carbocycles. The van der Waals surface area contributed by atoms with Crippen LogP contribution in [0.5, 0.6) is 0 Å². The molecule has 0 bridgehead atoms. The number of rotatable bonds is 1. The van der Waals surface area contributed by atoms with E-state index < -0.39 is 0 Å². The molecule has 1 aliphatic rings. The molecule has 2 nitrogen and oxygen atoms in total. The first-order valence-electron chi connectivity index (χ1n) is 3.41.